The average Bonchev–Trinajstić information content (AvgIpc) is 2.85. The molecular weight excluding hydrogens is 240 g/mol. The van der Waals surface area contributed by atoms with Crippen molar-refractivity contribution >= 4 is 0 Å². The van der Waals surface area contributed by atoms with Gasteiger partial charge in [0.15, 0.2) is 0 Å². The van der Waals surface area contributed by atoms with E-state index < -0.39 is 0 Å². The molecule has 0 amide bonds. The van der Waals surface area contributed by atoms with Crippen LogP contribution in [0.4, 0.5) is 0 Å². The fourth-order valence-corrected chi connectivity index (χ4v) is 3.13. The number of hydrogen-bond acceptors (Lipinski definition) is 4. The lowest BCUT2D eigenvalue weighted by Crippen LogP contribution is -2.50. The highest BCUT2D eigenvalue weighted by Crippen LogP contribution is 2.25. The van der Waals surface area contributed by atoms with E-state index in [2.05, 4.69) is 17.1 Å². The zero-order valence-electron chi connectivity index (χ0n) is 13.0. The van der Waals surface area contributed by atoms with Gasteiger partial charge in [0.05, 0.1) is 6.61 Å². The Hall–Kier alpha value is -0.160. The van der Waals surface area contributed by atoms with Crippen molar-refractivity contribution in [2.45, 2.75) is 44.6 Å². The van der Waals surface area contributed by atoms with Crippen LogP contribution in [-0.2, 0) is 9.47 Å². The van der Waals surface area contributed by atoms with Gasteiger partial charge in [0, 0.05) is 46.0 Å². The first-order valence-electron chi connectivity index (χ1n) is 7.71. The molecule has 4 heteroatoms. The molecule has 1 heterocycles. The van der Waals surface area contributed by atoms with Gasteiger partial charge < -0.3 is 14.8 Å². The van der Waals surface area contributed by atoms with E-state index in [1.54, 1.807) is 14.2 Å². The van der Waals surface area contributed by atoms with Gasteiger partial charge in [0.2, 0.25) is 0 Å². The van der Waals surface area contributed by atoms with E-state index in [1.165, 1.54) is 32.2 Å². The first kappa shape index (κ1) is 16.9. The minimum atomic E-state index is 0.343. The van der Waals surface area contributed by atoms with Gasteiger partial charge in [-0.3, -0.25) is 4.90 Å². The molecule has 0 bridgehead atoms. The second-order valence-corrected chi connectivity index (χ2v) is 5.68. The molecule has 0 aromatic rings. The highest BCUT2D eigenvalue weighted by atomic mass is 16.5. The van der Waals surface area contributed by atoms with Crippen LogP contribution in [0.3, 0.4) is 0 Å². The molecule has 0 radical (unpaired) electrons. The van der Waals surface area contributed by atoms with Gasteiger partial charge in [0.1, 0.15) is 0 Å². The lowest BCUT2D eigenvalue weighted by atomic mass is 9.91. The largest absolute Gasteiger partial charge is 0.385 e. The van der Waals surface area contributed by atoms with Crippen molar-refractivity contribution in [2.75, 3.05) is 53.6 Å². The molecule has 0 aliphatic carbocycles. The molecule has 1 rings (SSSR count). The van der Waals surface area contributed by atoms with Crippen molar-refractivity contribution in [1.82, 2.24) is 10.2 Å². The van der Waals surface area contributed by atoms with Crippen LogP contribution < -0.4 is 5.32 Å². The van der Waals surface area contributed by atoms with Crippen LogP contribution in [-0.4, -0.2) is 64.1 Å². The highest BCUT2D eigenvalue weighted by Gasteiger charge is 2.33. The lowest BCUT2D eigenvalue weighted by molar-refractivity contribution is 0.110. The number of ether oxygens (including phenoxy) is 2. The summed E-state index contributed by atoms with van der Waals surface area (Å²) in [5.74, 6) is 0. The van der Waals surface area contributed by atoms with Crippen molar-refractivity contribution in [3.8, 4) is 0 Å². The molecule has 1 fully saturated rings. The summed E-state index contributed by atoms with van der Waals surface area (Å²) in [6.45, 7) is 8.39. The van der Waals surface area contributed by atoms with E-state index in [0.717, 1.165) is 39.3 Å². The molecular formula is C15H32N2O2. The first-order valence-corrected chi connectivity index (χ1v) is 7.71. The minimum absolute atomic E-state index is 0.343. The van der Waals surface area contributed by atoms with Crippen molar-refractivity contribution < 1.29 is 9.47 Å². The summed E-state index contributed by atoms with van der Waals surface area (Å²) in [4.78, 5) is 2.54. The maximum Gasteiger partial charge on any atom is 0.0589 e. The van der Waals surface area contributed by atoms with Gasteiger partial charge in [-0.1, -0.05) is 13.3 Å². The zero-order chi connectivity index (χ0) is 14.0. The molecule has 1 saturated heterocycles. The van der Waals surface area contributed by atoms with Gasteiger partial charge >= 0.3 is 0 Å². The predicted octanol–water partition coefficient (Wildman–Crippen LogP) is 1.89. The Morgan fingerprint density at radius 1 is 1.16 bits per heavy atom. The molecule has 1 aliphatic heterocycles. The third-order valence-electron chi connectivity index (χ3n) is 4.02. The third kappa shape index (κ3) is 6.21. The summed E-state index contributed by atoms with van der Waals surface area (Å²) in [5.41, 5.74) is 0.343. The average molecular weight is 272 g/mol. The van der Waals surface area contributed by atoms with Gasteiger partial charge in [-0.15, -0.1) is 0 Å². The van der Waals surface area contributed by atoms with Crippen molar-refractivity contribution in [1.29, 1.82) is 0 Å². The van der Waals surface area contributed by atoms with Crippen LogP contribution in [0, 0.1) is 0 Å². The van der Waals surface area contributed by atoms with Crippen LogP contribution in [0.1, 0.15) is 39.0 Å². The molecule has 19 heavy (non-hydrogen) atoms. The van der Waals surface area contributed by atoms with Crippen LogP contribution in [0.25, 0.3) is 0 Å². The third-order valence-corrected chi connectivity index (χ3v) is 4.02. The van der Waals surface area contributed by atoms with E-state index in [-0.39, 0.29) is 0 Å². The van der Waals surface area contributed by atoms with Crippen LogP contribution in [0.15, 0.2) is 0 Å². The molecule has 1 unspecified atom stereocenters. The highest BCUT2D eigenvalue weighted by molar-refractivity contribution is 4.95. The number of nitrogens with one attached hydrogen (secondary N) is 1. The summed E-state index contributed by atoms with van der Waals surface area (Å²) in [6.07, 6.45) is 6.26. The first-order chi connectivity index (χ1) is 9.26. The molecule has 1 N–H and O–H groups in total. The summed E-state index contributed by atoms with van der Waals surface area (Å²) >= 11 is 0. The maximum atomic E-state index is 5.24. The van der Waals surface area contributed by atoms with Crippen molar-refractivity contribution in [3.63, 3.8) is 0 Å². The Morgan fingerprint density at radius 3 is 2.53 bits per heavy atom. The number of nitrogens with zero attached hydrogens (tertiary/aromatic N) is 1. The minimum Gasteiger partial charge on any atom is -0.385 e. The number of rotatable bonds is 11. The maximum absolute atomic E-state index is 5.24. The van der Waals surface area contributed by atoms with Gasteiger partial charge in [-0.2, -0.15) is 0 Å². The Bertz CT molecular complexity index is 218. The van der Waals surface area contributed by atoms with Gasteiger partial charge in [0.25, 0.3) is 0 Å². The van der Waals surface area contributed by atoms with E-state index in [0.29, 0.717) is 5.54 Å². The second kappa shape index (κ2) is 9.70. The molecule has 4 nitrogen and oxygen atoms in total. The normalized spacial score (nSPS) is 23.4. The molecule has 0 aromatic carbocycles. The van der Waals surface area contributed by atoms with Crippen molar-refractivity contribution in [3.05, 3.63) is 0 Å². The zero-order valence-corrected chi connectivity index (χ0v) is 13.0. The molecule has 0 aromatic heterocycles. The monoisotopic (exact) mass is 272 g/mol. The summed E-state index contributed by atoms with van der Waals surface area (Å²) in [5, 5.41) is 3.75. The fraction of sp³-hybridized carbons (Fsp3) is 1.00. The van der Waals surface area contributed by atoms with E-state index in [1.807, 2.05) is 0 Å². The molecule has 1 atom stereocenters. The standard InChI is InChI=1S/C15H32N2O2/c1-4-7-15(8-5-9-16-15)14-17(11-13-19-3)10-6-12-18-2/h16H,4-14H2,1-3H3. The molecule has 114 valence electrons. The SMILES string of the molecule is CCCC1(CN(CCCOC)CCOC)CCCN1. The van der Waals surface area contributed by atoms with E-state index >= 15 is 0 Å². The van der Waals surface area contributed by atoms with E-state index in [9.17, 15) is 0 Å². The Kier molecular flexibility index (Phi) is 8.62. The summed E-state index contributed by atoms with van der Waals surface area (Å²) in [7, 11) is 3.56. The van der Waals surface area contributed by atoms with Gasteiger partial charge in [-0.25, -0.2) is 0 Å². The Labute approximate surface area is 118 Å². The quantitative estimate of drug-likeness (QED) is 0.582. The van der Waals surface area contributed by atoms with Gasteiger partial charge in [-0.05, 0) is 32.2 Å². The topological polar surface area (TPSA) is 33.7 Å². The second-order valence-electron chi connectivity index (χ2n) is 5.68. The smallest absolute Gasteiger partial charge is 0.0589 e. The van der Waals surface area contributed by atoms with Crippen LogP contribution in [0.5, 0.6) is 0 Å². The molecule has 0 spiro atoms. The van der Waals surface area contributed by atoms with E-state index in [4.69, 9.17) is 9.47 Å². The molecule has 0 saturated carbocycles. The molecule has 1 aliphatic rings. The number of hydrogen-bond donors (Lipinski definition) is 1. The lowest BCUT2D eigenvalue weighted by Gasteiger charge is -2.35. The fourth-order valence-electron chi connectivity index (χ4n) is 3.13. The summed E-state index contributed by atoms with van der Waals surface area (Å²) < 4.78 is 10.4. The van der Waals surface area contributed by atoms with Crippen molar-refractivity contribution in [2.24, 2.45) is 0 Å². The predicted molar refractivity (Wildman–Crippen MR) is 79.7 cm³/mol. The Balaban J connectivity index is 2.47. The Morgan fingerprint density at radius 2 is 1.95 bits per heavy atom. The number of methoxy groups -OCH3 is 2. The summed E-state index contributed by atoms with van der Waals surface area (Å²) in [6, 6.07) is 0. The van der Waals surface area contributed by atoms with Crippen LogP contribution >= 0.6 is 0 Å². The van der Waals surface area contributed by atoms with Crippen LogP contribution in [0.2, 0.25) is 0 Å².